The van der Waals surface area contributed by atoms with Crippen molar-refractivity contribution < 1.29 is 9.21 Å². The lowest BCUT2D eigenvalue weighted by molar-refractivity contribution is -0.117. The van der Waals surface area contributed by atoms with Gasteiger partial charge in [0.05, 0.1) is 0 Å². The van der Waals surface area contributed by atoms with E-state index in [9.17, 15) is 4.79 Å². The molecule has 2 aromatic rings. The van der Waals surface area contributed by atoms with Gasteiger partial charge in [-0.3, -0.25) is 9.79 Å². The highest BCUT2D eigenvalue weighted by Gasteiger charge is 2.18. The standard InChI is InChI=1S/C11H8N2O2/c14-10-6-12-11(13-10)9-5-7-3-1-2-4-8(7)15-9/h1-5H,6H2,(H,12,13,14). The Hall–Kier alpha value is -2.10. The van der Waals surface area contributed by atoms with E-state index in [4.69, 9.17) is 4.42 Å². The van der Waals surface area contributed by atoms with Crippen LogP contribution in [0.25, 0.3) is 11.0 Å². The molecule has 1 aromatic heterocycles. The zero-order valence-electron chi connectivity index (χ0n) is 7.86. The van der Waals surface area contributed by atoms with Crippen LogP contribution < -0.4 is 5.32 Å². The normalized spacial score (nSPS) is 15.5. The van der Waals surface area contributed by atoms with Crippen LogP contribution in [0.2, 0.25) is 0 Å². The second kappa shape index (κ2) is 2.95. The van der Waals surface area contributed by atoms with Crippen LogP contribution in [0.15, 0.2) is 39.7 Å². The van der Waals surface area contributed by atoms with Crippen molar-refractivity contribution in [3.8, 4) is 0 Å². The van der Waals surface area contributed by atoms with Crippen LogP contribution in [0.4, 0.5) is 0 Å². The number of nitrogens with one attached hydrogen (secondary N) is 1. The summed E-state index contributed by atoms with van der Waals surface area (Å²) >= 11 is 0. The fourth-order valence-electron chi connectivity index (χ4n) is 1.60. The van der Waals surface area contributed by atoms with Crippen molar-refractivity contribution in [2.45, 2.75) is 0 Å². The van der Waals surface area contributed by atoms with E-state index < -0.39 is 0 Å². The smallest absolute Gasteiger partial charge is 0.247 e. The van der Waals surface area contributed by atoms with E-state index in [2.05, 4.69) is 10.3 Å². The topological polar surface area (TPSA) is 54.6 Å². The van der Waals surface area contributed by atoms with Crippen molar-refractivity contribution in [1.82, 2.24) is 5.32 Å². The van der Waals surface area contributed by atoms with E-state index in [-0.39, 0.29) is 12.5 Å². The molecular weight excluding hydrogens is 192 g/mol. The fourth-order valence-corrected chi connectivity index (χ4v) is 1.60. The zero-order chi connectivity index (χ0) is 10.3. The zero-order valence-corrected chi connectivity index (χ0v) is 7.86. The van der Waals surface area contributed by atoms with Gasteiger partial charge in [0.2, 0.25) is 5.91 Å². The molecule has 0 atom stereocenters. The lowest BCUT2D eigenvalue weighted by atomic mass is 10.2. The Morgan fingerprint density at radius 2 is 2.20 bits per heavy atom. The van der Waals surface area contributed by atoms with Crippen molar-refractivity contribution in [3.05, 3.63) is 36.1 Å². The number of amides is 1. The molecule has 0 unspecified atom stereocenters. The molecule has 1 aliphatic heterocycles. The van der Waals surface area contributed by atoms with Crippen LogP contribution in [-0.2, 0) is 4.79 Å². The first-order chi connectivity index (χ1) is 7.33. The van der Waals surface area contributed by atoms with E-state index in [1.165, 1.54) is 0 Å². The summed E-state index contributed by atoms with van der Waals surface area (Å²) in [4.78, 5) is 15.0. The van der Waals surface area contributed by atoms with Crippen LogP contribution in [0.1, 0.15) is 5.76 Å². The maximum absolute atomic E-state index is 11.0. The number of hydrogen-bond acceptors (Lipinski definition) is 3. The molecule has 0 fully saturated rings. The van der Waals surface area contributed by atoms with E-state index in [1.54, 1.807) is 0 Å². The Labute approximate surface area is 85.6 Å². The number of hydrogen-bond donors (Lipinski definition) is 1. The van der Waals surface area contributed by atoms with Gasteiger partial charge in [0.15, 0.2) is 11.6 Å². The third kappa shape index (κ3) is 1.30. The molecule has 2 heterocycles. The number of para-hydroxylation sites is 1. The molecule has 0 saturated heterocycles. The summed E-state index contributed by atoms with van der Waals surface area (Å²) in [5.74, 6) is 1.05. The van der Waals surface area contributed by atoms with Gasteiger partial charge < -0.3 is 9.73 Å². The average molecular weight is 200 g/mol. The molecule has 4 heteroatoms. The van der Waals surface area contributed by atoms with Gasteiger partial charge in [0.1, 0.15) is 12.1 Å². The Morgan fingerprint density at radius 3 is 2.93 bits per heavy atom. The van der Waals surface area contributed by atoms with Crippen LogP contribution in [0.3, 0.4) is 0 Å². The second-order valence-corrected chi connectivity index (χ2v) is 3.36. The van der Waals surface area contributed by atoms with Crippen molar-refractivity contribution in [1.29, 1.82) is 0 Å². The first kappa shape index (κ1) is 8.23. The number of benzene rings is 1. The summed E-state index contributed by atoms with van der Waals surface area (Å²) in [5, 5.41) is 3.66. The van der Waals surface area contributed by atoms with Gasteiger partial charge in [-0.05, 0) is 12.1 Å². The van der Waals surface area contributed by atoms with Gasteiger partial charge in [-0.15, -0.1) is 0 Å². The Kier molecular flexibility index (Phi) is 1.62. The molecule has 0 spiro atoms. The number of amidine groups is 1. The Balaban J connectivity index is 2.09. The summed E-state index contributed by atoms with van der Waals surface area (Å²) in [7, 11) is 0. The molecule has 0 saturated carbocycles. The largest absolute Gasteiger partial charge is 0.453 e. The van der Waals surface area contributed by atoms with E-state index in [0.29, 0.717) is 11.6 Å². The van der Waals surface area contributed by atoms with Crippen LogP contribution in [0, 0.1) is 0 Å². The molecule has 1 aromatic carbocycles. The lowest BCUT2D eigenvalue weighted by Gasteiger charge is -1.93. The number of fused-ring (bicyclic) bond motifs is 1. The van der Waals surface area contributed by atoms with Crippen molar-refractivity contribution >= 4 is 22.7 Å². The van der Waals surface area contributed by atoms with Gasteiger partial charge in [-0.2, -0.15) is 0 Å². The third-order valence-corrected chi connectivity index (χ3v) is 2.30. The number of rotatable bonds is 1. The summed E-state index contributed by atoms with van der Waals surface area (Å²) in [6.45, 7) is 0.187. The van der Waals surface area contributed by atoms with Crippen LogP contribution in [0.5, 0.6) is 0 Å². The minimum Gasteiger partial charge on any atom is -0.453 e. The molecule has 4 nitrogen and oxygen atoms in total. The monoisotopic (exact) mass is 200 g/mol. The van der Waals surface area contributed by atoms with E-state index >= 15 is 0 Å². The molecule has 3 rings (SSSR count). The molecule has 0 bridgehead atoms. The van der Waals surface area contributed by atoms with Crippen molar-refractivity contribution in [2.75, 3.05) is 6.54 Å². The van der Waals surface area contributed by atoms with Crippen LogP contribution >= 0.6 is 0 Å². The predicted molar refractivity (Wildman–Crippen MR) is 55.8 cm³/mol. The van der Waals surface area contributed by atoms with Gasteiger partial charge in [-0.1, -0.05) is 18.2 Å². The van der Waals surface area contributed by atoms with E-state index in [0.717, 1.165) is 11.0 Å². The fraction of sp³-hybridized carbons (Fsp3) is 0.0909. The van der Waals surface area contributed by atoms with Gasteiger partial charge >= 0.3 is 0 Å². The highest BCUT2D eigenvalue weighted by molar-refractivity contribution is 6.12. The molecule has 1 amide bonds. The van der Waals surface area contributed by atoms with Crippen LogP contribution in [-0.4, -0.2) is 18.3 Å². The Bertz CT molecular complexity index is 536. The maximum Gasteiger partial charge on any atom is 0.247 e. The molecule has 74 valence electrons. The predicted octanol–water partition coefficient (Wildman–Crippen LogP) is 1.31. The Morgan fingerprint density at radius 1 is 1.33 bits per heavy atom. The van der Waals surface area contributed by atoms with Gasteiger partial charge in [0, 0.05) is 5.39 Å². The molecule has 1 aliphatic rings. The lowest BCUT2D eigenvalue weighted by Crippen LogP contribution is -2.24. The van der Waals surface area contributed by atoms with Gasteiger partial charge in [0.25, 0.3) is 0 Å². The minimum atomic E-state index is -0.0922. The molecule has 0 radical (unpaired) electrons. The molecular formula is C11H8N2O2. The third-order valence-electron chi connectivity index (χ3n) is 2.30. The second-order valence-electron chi connectivity index (χ2n) is 3.36. The van der Waals surface area contributed by atoms with Crippen molar-refractivity contribution in [3.63, 3.8) is 0 Å². The summed E-state index contributed by atoms with van der Waals surface area (Å²) in [6, 6.07) is 9.57. The van der Waals surface area contributed by atoms with Gasteiger partial charge in [-0.25, -0.2) is 0 Å². The highest BCUT2D eigenvalue weighted by Crippen LogP contribution is 2.19. The molecule has 15 heavy (non-hydrogen) atoms. The SMILES string of the molecule is O=C1CN=C(c2cc3ccccc3o2)N1. The minimum absolute atomic E-state index is 0.0922. The number of carbonyl (C=O) groups is 1. The quantitative estimate of drug-likeness (QED) is 0.754. The number of carbonyl (C=O) groups excluding carboxylic acids is 1. The highest BCUT2D eigenvalue weighted by atomic mass is 16.3. The van der Waals surface area contributed by atoms with E-state index in [1.807, 2.05) is 30.3 Å². The average Bonchev–Trinajstić information content (AvgIpc) is 2.82. The summed E-state index contributed by atoms with van der Waals surface area (Å²) in [5.41, 5.74) is 0.802. The first-order valence-electron chi connectivity index (χ1n) is 4.66. The van der Waals surface area contributed by atoms with Crippen molar-refractivity contribution in [2.24, 2.45) is 4.99 Å². The summed E-state index contributed by atoms with van der Waals surface area (Å²) < 4.78 is 5.55. The number of nitrogens with zero attached hydrogens (tertiary/aromatic N) is 1. The maximum atomic E-state index is 11.0. The number of furan rings is 1. The summed E-state index contributed by atoms with van der Waals surface area (Å²) in [6.07, 6.45) is 0. The number of aliphatic imine (C=N–C) groups is 1. The molecule has 1 N–H and O–H groups in total. The first-order valence-corrected chi connectivity index (χ1v) is 4.66. The molecule has 0 aliphatic carbocycles.